The largest absolute Gasteiger partial charge is 0.352 e. The first kappa shape index (κ1) is 19.1. The van der Waals surface area contributed by atoms with Crippen molar-refractivity contribution >= 4 is 30.1 Å². The average Bonchev–Trinajstić information content (AvgIpc) is 2.49. The normalized spacial score (nSPS) is 26.9. The van der Waals surface area contributed by atoms with Crippen LogP contribution in [0.4, 0.5) is 0 Å². The fraction of sp³-hybridized carbons (Fsp3) is 0.938. The third kappa shape index (κ3) is 6.79. The molecule has 5 heteroatoms. The Morgan fingerprint density at radius 1 is 1.19 bits per heavy atom. The summed E-state index contributed by atoms with van der Waals surface area (Å²) in [5.74, 6) is 2.21. The minimum atomic E-state index is 0. The molecule has 3 nitrogen and oxygen atoms in total. The molecular formula is C16H31ClN2OS. The Kier molecular flexibility index (Phi) is 9.78. The van der Waals surface area contributed by atoms with E-state index in [1.54, 1.807) is 0 Å². The zero-order valence-electron chi connectivity index (χ0n) is 13.2. The van der Waals surface area contributed by atoms with E-state index in [1.165, 1.54) is 38.5 Å². The molecule has 1 saturated heterocycles. The maximum absolute atomic E-state index is 12.2. The van der Waals surface area contributed by atoms with Gasteiger partial charge >= 0.3 is 0 Å². The number of rotatable bonds is 6. The molecule has 2 N–H and O–H groups in total. The third-order valence-corrected chi connectivity index (χ3v) is 5.99. The Hall–Kier alpha value is 0.0700. The van der Waals surface area contributed by atoms with Gasteiger partial charge in [-0.2, -0.15) is 11.8 Å². The van der Waals surface area contributed by atoms with Gasteiger partial charge in [0, 0.05) is 17.7 Å². The summed E-state index contributed by atoms with van der Waals surface area (Å²) in [6.45, 7) is 4.48. The Balaban J connectivity index is 0.00000220. The zero-order chi connectivity index (χ0) is 14.2. The van der Waals surface area contributed by atoms with Crippen LogP contribution in [0.2, 0.25) is 0 Å². The smallest absolute Gasteiger partial charge is 0.220 e. The van der Waals surface area contributed by atoms with Gasteiger partial charge in [0.25, 0.3) is 0 Å². The van der Waals surface area contributed by atoms with Gasteiger partial charge in [-0.3, -0.25) is 4.79 Å². The van der Waals surface area contributed by atoms with Crippen LogP contribution in [0.25, 0.3) is 0 Å². The van der Waals surface area contributed by atoms with Crippen LogP contribution in [0.5, 0.6) is 0 Å². The van der Waals surface area contributed by atoms with Crippen LogP contribution in [-0.4, -0.2) is 36.0 Å². The summed E-state index contributed by atoms with van der Waals surface area (Å²) in [6.07, 6.45) is 9.35. The first-order valence-electron chi connectivity index (χ1n) is 8.41. The predicted molar refractivity (Wildman–Crippen MR) is 94.4 cm³/mol. The summed E-state index contributed by atoms with van der Waals surface area (Å²) in [4.78, 5) is 12.2. The van der Waals surface area contributed by atoms with E-state index in [4.69, 9.17) is 0 Å². The highest BCUT2D eigenvalue weighted by Gasteiger charge is 2.26. The summed E-state index contributed by atoms with van der Waals surface area (Å²) < 4.78 is 0. The standard InChI is InChI=1S/C16H30N2OS.ClH/c1-2-20-15-6-4-3-5-14(15)18-16(19)8-7-13-9-11-17-12-10-13;/h13-15,17H,2-12H2,1H3,(H,18,19);1H. The molecule has 2 unspecified atom stereocenters. The van der Waals surface area contributed by atoms with Crippen LogP contribution in [0, 0.1) is 5.92 Å². The second-order valence-corrected chi connectivity index (χ2v) is 7.70. The Labute approximate surface area is 140 Å². The molecule has 0 aromatic carbocycles. The molecule has 1 heterocycles. The van der Waals surface area contributed by atoms with Crippen molar-refractivity contribution in [3.05, 3.63) is 0 Å². The molecule has 0 radical (unpaired) electrons. The predicted octanol–water partition coefficient (Wildman–Crippen LogP) is 3.37. The number of hydrogen-bond donors (Lipinski definition) is 2. The topological polar surface area (TPSA) is 41.1 Å². The number of hydrogen-bond acceptors (Lipinski definition) is 3. The lowest BCUT2D eigenvalue weighted by Crippen LogP contribution is -2.44. The molecule has 2 atom stereocenters. The molecule has 0 spiro atoms. The number of amides is 1. The van der Waals surface area contributed by atoms with E-state index in [2.05, 4.69) is 17.6 Å². The zero-order valence-corrected chi connectivity index (χ0v) is 14.9. The first-order valence-corrected chi connectivity index (χ1v) is 9.46. The van der Waals surface area contributed by atoms with Gasteiger partial charge < -0.3 is 10.6 Å². The molecule has 1 aliphatic carbocycles. The van der Waals surface area contributed by atoms with Gasteiger partial charge in [0.2, 0.25) is 5.91 Å². The number of carbonyl (C=O) groups is 1. The van der Waals surface area contributed by atoms with Crippen molar-refractivity contribution in [1.82, 2.24) is 10.6 Å². The van der Waals surface area contributed by atoms with Gasteiger partial charge in [-0.25, -0.2) is 0 Å². The Morgan fingerprint density at radius 3 is 2.62 bits per heavy atom. The monoisotopic (exact) mass is 334 g/mol. The molecule has 1 amide bonds. The lowest BCUT2D eigenvalue weighted by molar-refractivity contribution is -0.122. The van der Waals surface area contributed by atoms with E-state index >= 15 is 0 Å². The number of piperidine rings is 1. The van der Waals surface area contributed by atoms with Gasteiger partial charge in [-0.1, -0.05) is 19.8 Å². The quantitative estimate of drug-likeness (QED) is 0.782. The molecule has 2 rings (SSSR count). The minimum Gasteiger partial charge on any atom is -0.352 e. The first-order chi connectivity index (χ1) is 9.79. The van der Waals surface area contributed by atoms with Crippen molar-refractivity contribution < 1.29 is 4.79 Å². The second-order valence-electron chi connectivity index (χ2n) is 6.18. The second kappa shape index (κ2) is 10.7. The summed E-state index contributed by atoms with van der Waals surface area (Å²) in [5, 5.41) is 7.35. The number of carbonyl (C=O) groups excluding carboxylic acids is 1. The third-order valence-electron chi connectivity index (χ3n) is 4.67. The van der Waals surface area contributed by atoms with Crippen LogP contribution in [0.3, 0.4) is 0 Å². The Morgan fingerprint density at radius 2 is 1.90 bits per heavy atom. The summed E-state index contributed by atoms with van der Waals surface area (Å²) in [5.41, 5.74) is 0. The number of nitrogens with one attached hydrogen (secondary N) is 2. The van der Waals surface area contributed by atoms with Crippen LogP contribution in [0.1, 0.15) is 58.3 Å². The van der Waals surface area contributed by atoms with Crippen LogP contribution >= 0.6 is 24.2 Å². The minimum absolute atomic E-state index is 0. The summed E-state index contributed by atoms with van der Waals surface area (Å²) in [7, 11) is 0. The van der Waals surface area contributed by atoms with Gasteiger partial charge in [0.1, 0.15) is 0 Å². The maximum Gasteiger partial charge on any atom is 0.220 e. The Bertz CT molecular complexity index is 296. The average molecular weight is 335 g/mol. The van der Waals surface area contributed by atoms with E-state index in [0.29, 0.717) is 11.3 Å². The molecule has 1 saturated carbocycles. The van der Waals surface area contributed by atoms with E-state index in [-0.39, 0.29) is 18.3 Å². The fourth-order valence-corrected chi connectivity index (χ4v) is 4.66. The molecule has 0 aromatic rings. The highest BCUT2D eigenvalue weighted by Crippen LogP contribution is 2.28. The van der Waals surface area contributed by atoms with Crippen LogP contribution in [0.15, 0.2) is 0 Å². The molecule has 1 aliphatic heterocycles. The summed E-state index contributed by atoms with van der Waals surface area (Å²) in [6, 6.07) is 0.425. The number of thioether (sulfide) groups is 1. The van der Waals surface area contributed by atoms with E-state index < -0.39 is 0 Å². The van der Waals surface area contributed by atoms with Gasteiger partial charge in [0.15, 0.2) is 0 Å². The van der Waals surface area contributed by atoms with E-state index in [0.717, 1.165) is 37.6 Å². The summed E-state index contributed by atoms with van der Waals surface area (Å²) >= 11 is 2.03. The van der Waals surface area contributed by atoms with Gasteiger partial charge in [-0.05, 0) is 56.9 Å². The van der Waals surface area contributed by atoms with E-state index in [9.17, 15) is 4.79 Å². The SMILES string of the molecule is CCSC1CCCCC1NC(=O)CCC1CCNCC1.Cl. The molecule has 0 bridgehead atoms. The molecular weight excluding hydrogens is 304 g/mol. The van der Waals surface area contributed by atoms with Crippen LogP contribution < -0.4 is 10.6 Å². The van der Waals surface area contributed by atoms with Crippen molar-refractivity contribution in [1.29, 1.82) is 0 Å². The van der Waals surface area contributed by atoms with Crippen molar-refractivity contribution in [3.63, 3.8) is 0 Å². The van der Waals surface area contributed by atoms with Gasteiger partial charge in [-0.15, -0.1) is 12.4 Å². The van der Waals surface area contributed by atoms with Crippen molar-refractivity contribution in [3.8, 4) is 0 Å². The lowest BCUT2D eigenvalue weighted by Gasteiger charge is -2.32. The molecule has 21 heavy (non-hydrogen) atoms. The molecule has 2 fully saturated rings. The maximum atomic E-state index is 12.2. The lowest BCUT2D eigenvalue weighted by atomic mass is 9.92. The molecule has 124 valence electrons. The molecule has 0 aromatic heterocycles. The van der Waals surface area contributed by atoms with Crippen molar-refractivity contribution in [2.45, 2.75) is 69.6 Å². The van der Waals surface area contributed by atoms with Crippen molar-refractivity contribution in [2.24, 2.45) is 5.92 Å². The van der Waals surface area contributed by atoms with Gasteiger partial charge in [0.05, 0.1) is 0 Å². The number of halogens is 1. The van der Waals surface area contributed by atoms with Crippen LogP contribution in [-0.2, 0) is 4.79 Å². The fourth-order valence-electron chi connectivity index (χ4n) is 3.46. The van der Waals surface area contributed by atoms with Crippen molar-refractivity contribution in [2.75, 3.05) is 18.8 Å². The highest BCUT2D eigenvalue weighted by molar-refractivity contribution is 7.99. The highest BCUT2D eigenvalue weighted by atomic mass is 35.5. The van der Waals surface area contributed by atoms with E-state index in [1.807, 2.05) is 11.8 Å². The molecule has 2 aliphatic rings.